The van der Waals surface area contributed by atoms with Gasteiger partial charge in [0.05, 0.1) is 5.56 Å². The molecule has 1 fully saturated rings. The molecule has 0 aliphatic carbocycles. The summed E-state index contributed by atoms with van der Waals surface area (Å²) < 4.78 is 38.1. The van der Waals surface area contributed by atoms with Crippen LogP contribution >= 0.6 is 0 Å². The van der Waals surface area contributed by atoms with Gasteiger partial charge in [-0.2, -0.15) is 13.2 Å². The molecule has 1 aromatic carbocycles. The van der Waals surface area contributed by atoms with E-state index in [1.807, 2.05) is 0 Å². The summed E-state index contributed by atoms with van der Waals surface area (Å²) in [6.07, 6.45) is -3.28. The van der Waals surface area contributed by atoms with Gasteiger partial charge in [0.15, 0.2) is 0 Å². The molecular weight excluding hydrogens is 229 g/mol. The number of nitrogens with one attached hydrogen (secondary N) is 2. The summed E-state index contributed by atoms with van der Waals surface area (Å²) in [7, 11) is 0. The molecule has 1 aliphatic heterocycles. The molecule has 17 heavy (non-hydrogen) atoms. The molecule has 1 unspecified atom stereocenters. The van der Waals surface area contributed by atoms with Crippen LogP contribution in [0.15, 0.2) is 24.3 Å². The molecule has 0 radical (unpaired) electrons. The summed E-state index contributed by atoms with van der Waals surface area (Å²) in [4.78, 5) is 0. The third kappa shape index (κ3) is 3.12. The highest BCUT2D eigenvalue weighted by molar-refractivity contribution is 5.52. The minimum Gasteiger partial charge on any atom is -0.384 e. The van der Waals surface area contributed by atoms with Crippen LogP contribution < -0.4 is 10.6 Å². The largest absolute Gasteiger partial charge is 0.418 e. The quantitative estimate of drug-likeness (QED) is 0.854. The van der Waals surface area contributed by atoms with Crippen molar-refractivity contribution >= 4 is 5.69 Å². The fourth-order valence-electron chi connectivity index (χ4n) is 2.03. The highest BCUT2D eigenvalue weighted by Gasteiger charge is 2.33. The van der Waals surface area contributed by atoms with Crippen LogP contribution in [0.5, 0.6) is 0 Å². The van der Waals surface area contributed by atoms with E-state index in [1.54, 1.807) is 6.07 Å². The van der Waals surface area contributed by atoms with Crippen molar-refractivity contribution in [2.24, 2.45) is 5.92 Å². The zero-order valence-electron chi connectivity index (χ0n) is 9.35. The number of anilines is 1. The smallest absolute Gasteiger partial charge is 0.384 e. The first-order chi connectivity index (χ1) is 8.07. The van der Waals surface area contributed by atoms with Crippen LogP contribution in [0, 0.1) is 5.92 Å². The predicted molar refractivity (Wildman–Crippen MR) is 60.9 cm³/mol. The molecule has 0 amide bonds. The van der Waals surface area contributed by atoms with Gasteiger partial charge in [-0.15, -0.1) is 0 Å². The lowest BCUT2D eigenvalue weighted by molar-refractivity contribution is -0.136. The number of benzene rings is 1. The maximum absolute atomic E-state index is 12.7. The van der Waals surface area contributed by atoms with Gasteiger partial charge in [0, 0.05) is 12.2 Å². The number of halogens is 3. The molecule has 2 nitrogen and oxygen atoms in total. The Morgan fingerprint density at radius 1 is 1.29 bits per heavy atom. The van der Waals surface area contributed by atoms with Gasteiger partial charge in [0.1, 0.15) is 0 Å². The molecular formula is C12H15F3N2. The van der Waals surface area contributed by atoms with E-state index in [2.05, 4.69) is 10.6 Å². The number of para-hydroxylation sites is 1. The summed E-state index contributed by atoms with van der Waals surface area (Å²) >= 11 is 0. The topological polar surface area (TPSA) is 24.1 Å². The lowest BCUT2D eigenvalue weighted by Gasteiger charge is -2.16. The fourth-order valence-corrected chi connectivity index (χ4v) is 2.03. The van der Waals surface area contributed by atoms with Crippen LogP contribution in [-0.2, 0) is 6.18 Å². The lowest BCUT2D eigenvalue weighted by Crippen LogP contribution is -2.19. The van der Waals surface area contributed by atoms with Gasteiger partial charge in [-0.25, -0.2) is 0 Å². The van der Waals surface area contributed by atoms with E-state index in [0.29, 0.717) is 12.5 Å². The van der Waals surface area contributed by atoms with E-state index in [1.165, 1.54) is 12.1 Å². The van der Waals surface area contributed by atoms with Crippen molar-refractivity contribution in [3.05, 3.63) is 29.8 Å². The molecule has 0 spiro atoms. The summed E-state index contributed by atoms with van der Waals surface area (Å²) in [6.45, 7) is 2.41. The van der Waals surface area contributed by atoms with Crippen LogP contribution in [-0.4, -0.2) is 19.6 Å². The van der Waals surface area contributed by atoms with Crippen molar-refractivity contribution in [3.8, 4) is 0 Å². The zero-order valence-corrected chi connectivity index (χ0v) is 9.35. The Labute approximate surface area is 98.2 Å². The monoisotopic (exact) mass is 244 g/mol. The zero-order chi connectivity index (χ0) is 12.3. The Morgan fingerprint density at radius 3 is 2.71 bits per heavy atom. The van der Waals surface area contributed by atoms with Gasteiger partial charge in [0.2, 0.25) is 0 Å². The van der Waals surface area contributed by atoms with Crippen molar-refractivity contribution in [1.82, 2.24) is 5.32 Å². The molecule has 1 saturated heterocycles. The average Bonchev–Trinajstić information content (AvgIpc) is 2.78. The van der Waals surface area contributed by atoms with Gasteiger partial charge in [0.25, 0.3) is 0 Å². The molecule has 1 aromatic rings. The number of hydrogen-bond acceptors (Lipinski definition) is 2. The van der Waals surface area contributed by atoms with Gasteiger partial charge in [-0.1, -0.05) is 12.1 Å². The summed E-state index contributed by atoms with van der Waals surface area (Å²) in [5, 5.41) is 6.09. The Hall–Kier alpha value is -1.23. The lowest BCUT2D eigenvalue weighted by atomic mass is 10.1. The van der Waals surface area contributed by atoms with Crippen molar-refractivity contribution in [3.63, 3.8) is 0 Å². The highest BCUT2D eigenvalue weighted by atomic mass is 19.4. The fraction of sp³-hybridized carbons (Fsp3) is 0.500. The van der Waals surface area contributed by atoms with Crippen molar-refractivity contribution < 1.29 is 13.2 Å². The molecule has 5 heteroatoms. The minimum atomic E-state index is -4.29. The average molecular weight is 244 g/mol. The third-order valence-corrected chi connectivity index (χ3v) is 2.98. The number of alkyl halides is 3. The molecule has 1 aliphatic rings. The standard InChI is InChI=1S/C12H15F3N2/c13-12(14,15)10-3-1-2-4-11(10)17-8-9-5-6-16-7-9/h1-4,9,16-17H,5-8H2. The molecule has 1 heterocycles. The van der Waals surface area contributed by atoms with E-state index in [-0.39, 0.29) is 5.69 Å². The molecule has 0 saturated carbocycles. The SMILES string of the molecule is FC(F)(F)c1ccccc1NCC1CCNC1. The Bertz CT molecular complexity index is 370. The normalized spacial score (nSPS) is 20.5. The Balaban J connectivity index is 2.04. The molecule has 2 rings (SSSR count). The summed E-state index contributed by atoms with van der Waals surface area (Å²) in [6, 6.07) is 5.61. The first-order valence-corrected chi connectivity index (χ1v) is 5.68. The van der Waals surface area contributed by atoms with Crippen LogP contribution in [0.3, 0.4) is 0 Å². The molecule has 94 valence electrons. The molecule has 0 aromatic heterocycles. The molecule has 2 N–H and O–H groups in total. The Kier molecular flexibility index (Phi) is 3.57. The van der Waals surface area contributed by atoms with Gasteiger partial charge >= 0.3 is 6.18 Å². The highest BCUT2D eigenvalue weighted by Crippen LogP contribution is 2.34. The van der Waals surface area contributed by atoms with Gasteiger partial charge in [-0.3, -0.25) is 0 Å². The second kappa shape index (κ2) is 4.96. The van der Waals surface area contributed by atoms with Crippen LogP contribution in [0.1, 0.15) is 12.0 Å². The van der Waals surface area contributed by atoms with Crippen molar-refractivity contribution in [2.45, 2.75) is 12.6 Å². The first-order valence-electron chi connectivity index (χ1n) is 5.68. The van der Waals surface area contributed by atoms with Crippen LogP contribution in [0.25, 0.3) is 0 Å². The van der Waals surface area contributed by atoms with Crippen molar-refractivity contribution in [2.75, 3.05) is 25.0 Å². The van der Waals surface area contributed by atoms with Crippen LogP contribution in [0.2, 0.25) is 0 Å². The predicted octanol–water partition coefficient (Wildman–Crippen LogP) is 2.73. The molecule has 0 bridgehead atoms. The maximum Gasteiger partial charge on any atom is 0.418 e. The van der Waals surface area contributed by atoms with E-state index in [9.17, 15) is 13.2 Å². The minimum absolute atomic E-state index is 0.173. The summed E-state index contributed by atoms with van der Waals surface area (Å²) in [5.41, 5.74) is -0.419. The van der Waals surface area contributed by atoms with Gasteiger partial charge < -0.3 is 10.6 Å². The maximum atomic E-state index is 12.7. The van der Waals surface area contributed by atoms with E-state index < -0.39 is 11.7 Å². The van der Waals surface area contributed by atoms with E-state index in [0.717, 1.165) is 25.6 Å². The summed E-state index contributed by atoms with van der Waals surface area (Å²) in [5.74, 6) is 0.413. The Morgan fingerprint density at radius 2 is 2.06 bits per heavy atom. The van der Waals surface area contributed by atoms with Crippen LogP contribution in [0.4, 0.5) is 18.9 Å². The molecule has 1 atom stereocenters. The second-order valence-corrected chi connectivity index (χ2v) is 4.28. The van der Waals surface area contributed by atoms with Crippen molar-refractivity contribution in [1.29, 1.82) is 0 Å². The van der Waals surface area contributed by atoms with E-state index in [4.69, 9.17) is 0 Å². The second-order valence-electron chi connectivity index (χ2n) is 4.28. The van der Waals surface area contributed by atoms with E-state index >= 15 is 0 Å². The van der Waals surface area contributed by atoms with Gasteiger partial charge in [-0.05, 0) is 37.6 Å². The number of hydrogen-bond donors (Lipinski definition) is 2. The first kappa shape index (κ1) is 12.2. The number of rotatable bonds is 3. The third-order valence-electron chi connectivity index (χ3n) is 2.98.